The molecule has 94 valence electrons. The molecule has 0 amide bonds. The first-order valence-electron chi connectivity index (χ1n) is 5.87. The van der Waals surface area contributed by atoms with Gasteiger partial charge in [-0.15, -0.1) is 0 Å². The molecule has 0 saturated heterocycles. The lowest BCUT2D eigenvalue weighted by Crippen LogP contribution is -2.05. The second kappa shape index (κ2) is 5.19. The number of aliphatic hydroxyl groups is 1. The van der Waals surface area contributed by atoms with Gasteiger partial charge in [0, 0.05) is 6.20 Å². The topological polar surface area (TPSA) is 42.4 Å². The summed E-state index contributed by atoms with van der Waals surface area (Å²) in [4.78, 5) is 4.20. The van der Waals surface area contributed by atoms with Crippen LogP contribution in [-0.4, -0.2) is 17.2 Å². The largest absolute Gasteiger partial charge is 0.495 e. The molecule has 1 unspecified atom stereocenters. The SMILES string of the molecule is COc1cccnc1C(O)c1ccc(C)c(C)c1. The fraction of sp³-hybridized carbons (Fsp3) is 0.267. The lowest BCUT2D eigenvalue weighted by molar-refractivity contribution is 0.209. The van der Waals surface area contributed by atoms with Gasteiger partial charge in [0.25, 0.3) is 0 Å². The van der Waals surface area contributed by atoms with E-state index in [2.05, 4.69) is 4.98 Å². The fourth-order valence-corrected chi connectivity index (χ4v) is 1.87. The van der Waals surface area contributed by atoms with Crippen LogP contribution in [0.1, 0.15) is 28.5 Å². The van der Waals surface area contributed by atoms with Crippen molar-refractivity contribution in [2.45, 2.75) is 20.0 Å². The predicted octanol–water partition coefficient (Wildman–Crippen LogP) is 2.79. The molecule has 0 aliphatic carbocycles. The van der Waals surface area contributed by atoms with Crippen LogP contribution in [-0.2, 0) is 0 Å². The van der Waals surface area contributed by atoms with Crippen LogP contribution in [0.15, 0.2) is 36.5 Å². The highest BCUT2D eigenvalue weighted by atomic mass is 16.5. The molecule has 0 aliphatic heterocycles. The van der Waals surface area contributed by atoms with E-state index in [9.17, 15) is 5.11 Å². The fourth-order valence-electron chi connectivity index (χ4n) is 1.87. The van der Waals surface area contributed by atoms with Gasteiger partial charge in [-0.05, 0) is 42.7 Å². The van der Waals surface area contributed by atoms with Gasteiger partial charge in [0.05, 0.1) is 7.11 Å². The number of methoxy groups -OCH3 is 1. The van der Waals surface area contributed by atoms with Crippen molar-refractivity contribution in [2.75, 3.05) is 7.11 Å². The maximum Gasteiger partial charge on any atom is 0.143 e. The van der Waals surface area contributed by atoms with Gasteiger partial charge < -0.3 is 9.84 Å². The number of nitrogens with zero attached hydrogens (tertiary/aromatic N) is 1. The standard InChI is InChI=1S/C15H17NO2/c1-10-6-7-12(9-11(10)2)15(17)14-13(18-3)5-4-8-16-14/h4-9,15,17H,1-3H3. The van der Waals surface area contributed by atoms with Gasteiger partial charge in [-0.2, -0.15) is 0 Å². The Balaban J connectivity index is 2.41. The van der Waals surface area contributed by atoms with Crippen molar-refractivity contribution in [1.82, 2.24) is 4.98 Å². The number of aromatic nitrogens is 1. The number of pyridine rings is 1. The summed E-state index contributed by atoms with van der Waals surface area (Å²) in [6.07, 6.45) is 0.891. The summed E-state index contributed by atoms with van der Waals surface area (Å²) in [6, 6.07) is 9.49. The van der Waals surface area contributed by atoms with E-state index >= 15 is 0 Å². The summed E-state index contributed by atoms with van der Waals surface area (Å²) >= 11 is 0. The van der Waals surface area contributed by atoms with Crippen molar-refractivity contribution in [1.29, 1.82) is 0 Å². The summed E-state index contributed by atoms with van der Waals surface area (Å²) in [5.74, 6) is 0.600. The van der Waals surface area contributed by atoms with E-state index in [0.717, 1.165) is 11.1 Å². The molecule has 0 saturated carbocycles. The molecular formula is C15H17NO2. The number of hydrogen-bond donors (Lipinski definition) is 1. The van der Waals surface area contributed by atoms with Crippen molar-refractivity contribution in [3.63, 3.8) is 0 Å². The maximum atomic E-state index is 10.4. The Morgan fingerprint density at radius 2 is 1.94 bits per heavy atom. The van der Waals surface area contributed by atoms with E-state index in [-0.39, 0.29) is 0 Å². The molecule has 1 heterocycles. The third-order valence-electron chi connectivity index (χ3n) is 3.13. The van der Waals surface area contributed by atoms with Crippen molar-refractivity contribution in [2.24, 2.45) is 0 Å². The van der Waals surface area contributed by atoms with Crippen LogP contribution in [0.5, 0.6) is 5.75 Å². The van der Waals surface area contributed by atoms with Gasteiger partial charge in [-0.1, -0.05) is 18.2 Å². The Hall–Kier alpha value is -1.87. The second-order valence-corrected chi connectivity index (χ2v) is 4.34. The third-order valence-corrected chi connectivity index (χ3v) is 3.13. The molecule has 0 aliphatic rings. The molecule has 0 fully saturated rings. The number of hydrogen-bond acceptors (Lipinski definition) is 3. The van der Waals surface area contributed by atoms with E-state index in [1.54, 1.807) is 25.4 Å². The average Bonchev–Trinajstić information content (AvgIpc) is 2.41. The zero-order chi connectivity index (χ0) is 13.1. The van der Waals surface area contributed by atoms with Crippen molar-refractivity contribution >= 4 is 0 Å². The molecule has 1 aromatic heterocycles. The molecule has 2 aromatic rings. The third kappa shape index (κ3) is 2.36. The summed E-state index contributed by atoms with van der Waals surface area (Å²) in [5.41, 5.74) is 3.73. The number of aliphatic hydroxyl groups excluding tert-OH is 1. The zero-order valence-electron chi connectivity index (χ0n) is 10.8. The quantitative estimate of drug-likeness (QED) is 0.901. The summed E-state index contributed by atoms with van der Waals surface area (Å²) in [7, 11) is 1.58. The Bertz CT molecular complexity index is 552. The van der Waals surface area contributed by atoms with E-state index in [1.165, 1.54) is 5.56 Å². The highest BCUT2D eigenvalue weighted by Gasteiger charge is 2.16. The van der Waals surface area contributed by atoms with Gasteiger partial charge in [0.15, 0.2) is 0 Å². The number of benzene rings is 1. The minimum Gasteiger partial charge on any atom is -0.495 e. The van der Waals surface area contributed by atoms with Crippen LogP contribution in [0.25, 0.3) is 0 Å². The van der Waals surface area contributed by atoms with Gasteiger partial charge in [0.1, 0.15) is 17.5 Å². The molecular weight excluding hydrogens is 226 g/mol. The molecule has 3 nitrogen and oxygen atoms in total. The summed E-state index contributed by atoms with van der Waals surface area (Å²) < 4.78 is 5.22. The average molecular weight is 243 g/mol. The van der Waals surface area contributed by atoms with Crippen LogP contribution in [0.2, 0.25) is 0 Å². The van der Waals surface area contributed by atoms with Crippen molar-refractivity contribution in [3.05, 3.63) is 58.9 Å². The van der Waals surface area contributed by atoms with Crippen LogP contribution >= 0.6 is 0 Å². The minimum atomic E-state index is -0.763. The summed E-state index contributed by atoms with van der Waals surface area (Å²) in [5, 5.41) is 10.4. The molecule has 18 heavy (non-hydrogen) atoms. The molecule has 0 spiro atoms. The summed E-state index contributed by atoms with van der Waals surface area (Å²) in [6.45, 7) is 4.08. The van der Waals surface area contributed by atoms with E-state index in [0.29, 0.717) is 11.4 Å². The van der Waals surface area contributed by atoms with Crippen LogP contribution in [0, 0.1) is 13.8 Å². The monoisotopic (exact) mass is 243 g/mol. The molecule has 0 bridgehead atoms. The Morgan fingerprint density at radius 3 is 2.61 bits per heavy atom. The van der Waals surface area contributed by atoms with Crippen LogP contribution in [0.4, 0.5) is 0 Å². The normalized spacial score (nSPS) is 12.2. The number of rotatable bonds is 3. The van der Waals surface area contributed by atoms with Crippen molar-refractivity contribution < 1.29 is 9.84 Å². The van der Waals surface area contributed by atoms with Crippen molar-refractivity contribution in [3.8, 4) is 5.75 Å². The van der Waals surface area contributed by atoms with Gasteiger partial charge >= 0.3 is 0 Å². The molecule has 1 atom stereocenters. The molecule has 2 rings (SSSR count). The van der Waals surface area contributed by atoms with Crippen LogP contribution < -0.4 is 4.74 Å². The Labute approximate surface area is 107 Å². The first-order valence-corrected chi connectivity index (χ1v) is 5.87. The van der Waals surface area contributed by atoms with Gasteiger partial charge in [-0.25, -0.2) is 0 Å². The highest BCUT2D eigenvalue weighted by molar-refractivity contribution is 5.38. The first-order chi connectivity index (χ1) is 8.63. The van der Waals surface area contributed by atoms with E-state index < -0.39 is 6.10 Å². The van der Waals surface area contributed by atoms with Crippen LogP contribution in [0.3, 0.4) is 0 Å². The lowest BCUT2D eigenvalue weighted by Gasteiger charge is -2.15. The maximum absolute atomic E-state index is 10.4. The number of ether oxygens (including phenoxy) is 1. The minimum absolute atomic E-state index is 0.545. The van der Waals surface area contributed by atoms with E-state index in [1.807, 2.05) is 32.0 Å². The molecule has 1 aromatic carbocycles. The Morgan fingerprint density at radius 1 is 1.17 bits per heavy atom. The predicted molar refractivity (Wildman–Crippen MR) is 70.8 cm³/mol. The first kappa shape index (κ1) is 12.6. The number of aryl methyl sites for hydroxylation is 2. The molecule has 0 radical (unpaired) electrons. The second-order valence-electron chi connectivity index (χ2n) is 4.34. The Kier molecular flexibility index (Phi) is 3.63. The zero-order valence-corrected chi connectivity index (χ0v) is 10.8. The van der Waals surface area contributed by atoms with E-state index in [4.69, 9.17) is 4.74 Å². The van der Waals surface area contributed by atoms with Gasteiger partial charge in [-0.3, -0.25) is 4.98 Å². The highest BCUT2D eigenvalue weighted by Crippen LogP contribution is 2.28. The molecule has 3 heteroatoms. The lowest BCUT2D eigenvalue weighted by atomic mass is 10.0. The molecule has 1 N–H and O–H groups in total. The van der Waals surface area contributed by atoms with Gasteiger partial charge in [0.2, 0.25) is 0 Å². The smallest absolute Gasteiger partial charge is 0.143 e.